The van der Waals surface area contributed by atoms with E-state index in [1.807, 2.05) is 19.1 Å². The van der Waals surface area contributed by atoms with Gasteiger partial charge in [0.05, 0.1) is 5.92 Å². The number of nitrogens with two attached hydrogens (primary N) is 1. The van der Waals surface area contributed by atoms with Gasteiger partial charge < -0.3 is 5.73 Å². The van der Waals surface area contributed by atoms with E-state index in [1.165, 1.54) is 11.1 Å². The molecule has 1 rings (SSSR count). The SMILES string of the molecule is CC(C(N)=O)c1cccc(C(C)(C)C)c1C(C)(C)C. The van der Waals surface area contributed by atoms with Gasteiger partial charge in [-0.3, -0.25) is 4.79 Å². The van der Waals surface area contributed by atoms with Gasteiger partial charge in [-0.25, -0.2) is 0 Å². The average Bonchev–Trinajstić information content (AvgIpc) is 2.24. The van der Waals surface area contributed by atoms with Crippen LogP contribution in [0, 0.1) is 0 Å². The lowest BCUT2D eigenvalue weighted by Crippen LogP contribution is -2.27. The smallest absolute Gasteiger partial charge is 0.224 e. The summed E-state index contributed by atoms with van der Waals surface area (Å²) in [5.74, 6) is -0.520. The highest BCUT2D eigenvalue weighted by Crippen LogP contribution is 2.38. The van der Waals surface area contributed by atoms with Crippen LogP contribution in [0.4, 0.5) is 0 Å². The summed E-state index contributed by atoms with van der Waals surface area (Å²) in [5, 5.41) is 0. The second kappa shape index (κ2) is 4.99. The highest BCUT2D eigenvalue weighted by Gasteiger charge is 2.29. The van der Waals surface area contributed by atoms with Crippen LogP contribution < -0.4 is 5.73 Å². The maximum atomic E-state index is 11.6. The van der Waals surface area contributed by atoms with Crippen molar-refractivity contribution in [3.05, 3.63) is 34.9 Å². The van der Waals surface area contributed by atoms with Gasteiger partial charge in [0.25, 0.3) is 0 Å². The first-order chi connectivity index (χ1) is 8.46. The molecule has 1 atom stereocenters. The first-order valence-electron chi connectivity index (χ1n) is 6.89. The van der Waals surface area contributed by atoms with E-state index < -0.39 is 0 Å². The Morgan fingerprint density at radius 2 is 1.58 bits per heavy atom. The number of benzene rings is 1. The van der Waals surface area contributed by atoms with Gasteiger partial charge in [0.1, 0.15) is 0 Å². The summed E-state index contributed by atoms with van der Waals surface area (Å²) in [4.78, 5) is 11.6. The predicted molar refractivity (Wildman–Crippen MR) is 81.5 cm³/mol. The third-order valence-corrected chi connectivity index (χ3v) is 3.55. The standard InChI is InChI=1S/C17H27NO/c1-11(15(18)19)12-9-8-10-13(16(2,3)4)14(12)17(5,6)7/h8-11H,1-7H3,(H2,18,19). The van der Waals surface area contributed by atoms with Crippen molar-refractivity contribution in [2.45, 2.75) is 65.2 Å². The highest BCUT2D eigenvalue weighted by atomic mass is 16.1. The lowest BCUT2D eigenvalue weighted by Gasteiger charge is -2.33. The Morgan fingerprint density at radius 3 is 1.95 bits per heavy atom. The second-order valence-electron chi connectivity index (χ2n) is 7.39. The quantitative estimate of drug-likeness (QED) is 0.862. The molecule has 1 aromatic carbocycles. The van der Waals surface area contributed by atoms with Gasteiger partial charge >= 0.3 is 0 Å². The van der Waals surface area contributed by atoms with Gasteiger partial charge in [-0.15, -0.1) is 0 Å². The van der Waals surface area contributed by atoms with Crippen LogP contribution in [0.5, 0.6) is 0 Å². The van der Waals surface area contributed by atoms with E-state index in [1.54, 1.807) is 0 Å². The van der Waals surface area contributed by atoms with Crippen LogP contribution in [0.1, 0.15) is 71.1 Å². The molecule has 0 aliphatic rings. The summed E-state index contributed by atoms with van der Waals surface area (Å²) in [6.07, 6.45) is 0. The molecule has 1 aromatic rings. The van der Waals surface area contributed by atoms with Gasteiger partial charge in [-0.05, 0) is 34.4 Å². The Balaban J connectivity index is 3.62. The first-order valence-corrected chi connectivity index (χ1v) is 6.89. The average molecular weight is 261 g/mol. The van der Waals surface area contributed by atoms with Crippen LogP contribution in [0.3, 0.4) is 0 Å². The lowest BCUT2D eigenvalue weighted by atomic mass is 9.71. The van der Waals surface area contributed by atoms with Crippen molar-refractivity contribution >= 4 is 5.91 Å². The fourth-order valence-corrected chi connectivity index (χ4v) is 2.55. The van der Waals surface area contributed by atoms with Crippen LogP contribution in [0.2, 0.25) is 0 Å². The van der Waals surface area contributed by atoms with Crippen molar-refractivity contribution in [3.8, 4) is 0 Å². The lowest BCUT2D eigenvalue weighted by molar-refractivity contribution is -0.119. The highest BCUT2D eigenvalue weighted by molar-refractivity contribution is 5.82. The molecule has 19 heavy (non-hydrogen) atoms. The van der Waals surface area contributed by atoms with Gasteiger partial charge in [0.15, 0.2) is 0 Å². The molecular formula is C17H27NO. The van der Waals surface area contributed by atoms with Gasteiger partial charge in [0, 0.05) is 0 Å². The van der Waals surface area contributed by atoms with E-state index in [2.05, 4.69) is 47.6 Å². The summed E-state index contributed by atoms with van der Waals surface area (Å²) >= 11 is 0. The molecule has 2 heteroatoms. The van der Waals surface area contributed by atoms with E-state index in [9.17, 15) is 4.79 Å². The first kappa shape index (κ1) is 15.7. The number of carbonyl (C=O) groups excluding carboxylic acids is 1. The van der Waals surface area contributed by atoms with Crippen molar-refractivity contribution in [1.29, 1.82) is 0 Å². The molecule has 1 amide bonds. The van der Waals surface area contributed by atoms with Crippen molar-refractivity contribution in [1.82, 2.24) is 0 Å². The van der Waals surface area contributed by atoms with E-state index in [-0.39, 0.29) is 22.7 Å². The topological polar surface area (TPSA) is 43.1 Å². The molecule has 1 unspecified atom stereocenters. The number of carbonyl (C=O) groups is 1. The molecular weight excluding hydrogens is 234 g/mol. The number of hydrogen-bond donors (Lipinski definition) is 1. The van der Waals surface area contributed by atoms with Crippen LogP contribution in [-0.2, 0) is 15.6 Å². The molecule has 2 nitrogen and oxygen atoms in total. The Labute approximate surface area is 117 Å². The van der Waals surface area contributed by atoms with Crippen molar-refractivity contribution in [2.24, 2.45) is 5.73 Å². The monoisotopic (exact) mass is 261 g/mol. The molecule has 0 bridgehead atoms. The summed E-state index contributed by atoms with van der Waals surface area (Å²) in [6, 6.07) is 6.23. The maximum Gasteiger partial charge on any atom is 0.224 e. The molecule has 0 spiro atoms. The maximum absolute atomic E-state index is 11.6. The van der Waals surface area contributed by atoms with Gasteiger partial charge in [-0.1, -0.05) is 59.7 Å². The van der Waals surface area contributed by atoms with E-state index >= 15 is 0 Å². The molecule has 0 radical (unpaired) electrons. The molecule has 0 fully saturated rings. The zero-order chi connectivity index (χ0) is 15.0. The van der Waals surface area contributed by atoms with Gasteiger partial charge in [0.2, 0.25) is 5.91 Å². The number of amides is 1. The van der Waals surface area contributed by atoms with Crippen LogP contribution in [0.25, 0.3) is 0 Å². The molecule has 106 valence electrons. The summed E-state index contributed by atoms with van der Waals surface area (Å²) in [7, 11) is 0. The Kier molecular flexibility index (Phi) is 4.14. The Hall–Kier alpha value is -1.31. The summed E-state index contributed by atoms with van der Waals surface area (Å²) in [5.41, 5.74) is 9.16. The molecule has 0 heterocycles. The van der Waals surface area contributed by atoms with Crippen molar-refractivity contribution in [2.75, 3.05) is 0 Å². The minimum atomic E-state index is -0.267. The van der Waals surface area contributed by atoms with Crippen LogP contribution in [0.15, 0.2) is 18.2 Å². The molecule has 0 aromatic heterocycles. The number of hydrogen-bond acceptors (Lipinski definition) is 1. The third-order valence-electron chi connectivity index (χ3n) is 3.55. The number of rotatable bonds is 2. The molecule has 0 aliphatic carbocycles. The van der Waals surface area contributed by atoms with Crippen LogP contribution in [-0.4, -0.2) is 5.91 Å². The van der Waals surface area contributed by atoms with Crippen LogP contribution >= 0.6 is 0 Å². The zero-order valence-corrected chi connectivity index (χ0v) is 13.3. The van der Waals surface area contributed by atoms with E-state index in [4.69, 9.17) is 5.73 Å². The minimum Gasteiger partial charge on any atom is -0.369 e. The van der Waals surface area contributed by atoms with E-state index in [0.717, 1.165) is 5.56 Å². The normalized spacial score (nSPS) is 14.3. The van der Waals surface area contributed by atoms with Gasteiger partial charge in [-0.2, -0.15) is 0 Å². The fraction of sp³-hybridized carbons (Fsp3) is 0.588. The Morgan fingerprint density at radius 1 is 1.05 bits per heavy atom. The molecule has 0 aliphatic heterocycles. The predicted octanol–water partition coefficient (Wildman–Crippen LogP) is 3.87. The molecule has 0 saturated carbocycles. The second-order valence-corrected chi connectivity index (χ2v) is 7.39. The van der Waals surface area contributed by atoms with E-state index in [0.29, 0.717) is 0 Å². The van der Waals surface area contributed by atoms with Crippen molar-refractivity contribution < 1.29 is 4.79 Å². The number of primary amides is 1. The zero-order valence-electron chi connectivity index (χ0n) is 13.3. The molecule has 0 saturated heterocycles. The minimum absolute atomic E-state index is 0.0110. The van der Waals surface area contributed by atoms with Crippen molar-refractivity contribution in [3.63, 3.8) is 0 Å². The summed E-state index contributed by atoms with van der Waals surface area (Å²) in [6.45, 7) is 15.1. The Bertz CT molecular complexity index is 475. The fourth-order valence-electron chi connectivity index (χ4n) is 2.55. The third kappa shape index (κ3) is 3.37. The largest absolute Gasteiger partial charge is 0.369 e. The summed E-state index contributed by atoms with van der Waals surface area (Å²) < 4.78 is 0. The molecule has 2 N–H and O–H groups in total.